The Morgan fingerprint density at radius 2 is 2.30 bits per heavy atom. The number of rotatable bonds is 4. The van der Waals surface area contributed by atoms with Gasteiger partial charge in [0.1, 0.15) is 5.75 Å². The van der Waals surface area contributed by atoms with Gasteiger partial charge in [-0.1, -0.05) is 18.5 Å². The maximum atomic E-state index is 6.28. The van der Waals surface area contributed by atoms with Gasteiger partial charge >= 0.3 is 0 Å². The first-order chi connectivity index (χ1) is 9.69. The predicted octanol–water partition coefficient (Wildman–Crippen LogP) is 4.80. The minimum absolute atomic E-state index is 0.119. The van der Waals surface area contributed by atoms with E-state index in [1.165, 1.54) is 11.1 Å². The summed E-state index contributed by atoms with van der Waals surface area (Å²) < 4.78 is 6.97. The first-order valence-corrected chi connectivity index (χ1v) is 8.66. The van der Waals surface area contributed by atoms with Gasteiger partial charge in [0.2, 0.25) is 0 Å². The first-order valence-electron chi connectivity index (χ1n) is 6.61. The molecule has 2 nitrogen and oxygen atoms in total. The number of fused-ring (bicyclic) bond motifs is 1. The maximum Gasteiger partial charge on any atom is 0.127 e. The monoisotopic (exact) mass is 371 g/mol. The second-order valence-corrected chi connectivity index (χ2v) is 7.48. The number of thiophene rings is 1. The predicted molar refractivity (Wildman–Crippen MR) is 88.2 cm³/mol. The number of ether oxygens (including phenoxy) is 1. The zero-order valence-electron chi connectivity index (χ0n) is 11.1. The lowest BCUT2D eigenvalue weighted by Crippen LogP contribution is -2.22. The van der Waals surface area contributed by atoms with E-state index in [4.69, 9.17) is 16.3 Å². The molecule has 3 rings (SSSR count). The third kappa shape index (κ3) is 2.75. The Morgan fingerprint density at radius 3 is 3.00 bits per heavy atom. The Bertz CT molecular complexity index is 628. The fraction of sp³-hybridized carbons (Fsp3) is 0.333. The van der Waals surface area contributed by atoms with E-state index in [2.05, 4.69) is 39.6 Å². The molecule has 1 unspecified atom stereocenters. The molecule has 0 saturated heterocycles. The molecular weight excluding hydrogens is 358 g/mol. The lowest BCUT2D eigenvalue weighted by molar-refractivity contribution is 0.350. The van der Waals surface area contributed by atoms with Crippen LogP contribution in [-0.4, -0.2) is 13.2 Å². The van der Waals surface area contributed by atoms with Crippen molar-refractivity contribution in [3.63, 3.8) is 0 Å². The van der Waals surface area contributed by atoms with Gasteiger partial charge in [-0.3, -0.25) is 0 Å². The molecule has 2 aromatic rings. The van der Waals surface area contributed by atoms with Gasteiger partial charge in [-0.15, -0.1) is 11.3 Å². The molecule has 1 N–H and O–H groups in total. The van der Waals surface area contributed by atoms with E-state index >= 15 is 0 Å². The fourth-order valence-corrected chi connectivity index (χ4v) is 4.05. The van der Waals surface area contributed by atoms with Gasteiger partial charge in [-0.2, -0.15) is 0 Å². The van der Waals surface area contributed by atoms with Gasteiger partial charge in [0.25, 0.3) is 0 Å². The molecule has 20 heavy (non-hydrogen) atoms. The van der Waals surface area contributed by atoms with E-state index in [9.17, 15) is 0 Å². The first kappa shape index (κ1) is 14.4. The maximum absolute atomic E-state index is 6.28. The van der Waals surface area contributed by atoms with Crippen LogP contribution < -0.4 is 10.1 Å². The molecule has 0 aliphatic carbocycles. The summed E-state index contributed by atoms with van der Waals surface area (Å²) in [5.74, 6) is 1.00. The summed E-state index contributed by atoms with van der Waals surface area (Å²) in [6.07, 6.45) is 0.940. The highest BCUT2D eigenvalue weighted by Gasteiger charge is 2.24. The second-order valence-electron chi connectivity index (χ2n) is 4.76. The summed E-state index contributed by atoms with van der Waals surface area (Å²) in [5, 5.41) is 6.48. The van der Waals surface area contributed by atoms with Gasteiger partial charge in [-0.05, 0) is 57.2 Å². The van der Waals surface area contributed by atoms with Crippen molar-refractivity contribution in [3.05, 3.63) is 49.1 Å². The van der Waals surface area contributed by atoms with Crippen LogP contribution >= 0.6 is 38.9 Å². The van der Waals surface area contributed by atoms with Gasteiger partial charge in [-0.25, -0.2) is 0 Å². The zero-order chi connectivity index (χ0) is 14.1. The van der Waals surface area contributed by atoms with Gasteiger partial charge in [0, 0.05) is 17.0 Å². The van der Waals surface area contributed by atoms with Crippen molar-refractivity contribution in [1.82, 2.24) is 5.32 Å². The molecule has 5 heteroatoms. The SMILES string of the molecule is CCNC(c1csc(Br)c1)c1cc(Cl)cc2c1OCC2. The molecule has 1 atom stereocenters. The largest absolute Gasteiger partial charge is 0.493 e. The standard InChI is InChI=1S/C15H15BrClNOS/c1-2-18-14(10-6-13(16)20-8-10)12-7-11(17)5-9-3-4-19-15(9)12/h5-8,14,18H,2-4H2,1H3. The highest BCUT2D eigenvalue weighted by Crippen LogP contribution is 2.40. The molecule has 1 aliphatic heterocycles. The normalized spacial score (nSPS) is 14.9. The molecule has 0 fully saturated rings. The molecule has 2 heterocycles. The van der Waals surface area contributed by atoms with Crippen LogP contribution in [0.1, 0.15) is 29.7 Å². The van der Waals surface area contributed by atoms with Crippen molar-refractivity contribution in [2.24, 2.45) is 0 Å². The van der Waals surface area contributed by atoms with Crippen molar-refractivity contribution in [2.75, 3.05) is 13.2 Å². The summed E-state index contributed by atoms with van der Waals surface area (Å²) >= 11 is 11.5. The van der Waals surface area contributed by atoms with E-state index in [0.717, 1.165) is 39.7 Å². The average molecular weight is 373 g/mol. The van der Waals surface area contributed by atoms with E-state index in [0.29, 0.717) is 0 Å². The Balaban J connectivity index is 2.08. The molecule has 0 bridgehead atoms. The van der Waals surface area contributed by atoms with Crippen molar-refractivity contribution >= 4 is 38.9 Å². The minimum Gasteiger partial charge on any atom is -0.493 e. The van der Waals surface area contributed by atoms with Gasteiger partial charge < -0.3 is 10.1 Å². The van der Waals surface area contributed by atoms with E-state index in [1.807, 2.05) is 12.1 Å². The van der Waals surface area contributed by atoms with E-state index in [-0.39, 0.29) is 6.04 Å². The van der Waals surface area contributed by atoms with Crippen molar-refractivity contribution in [1.29, 1.82) is 0 Å². The molecule has 1 aliphatic rings. The van der Waals surface area contributed by atoms with Crippen LogP contribution in [0.5, 0.6) is 5.75 Å². The van der Waals surface area contributed by atoms with Crippen molar-refractivity contribution < 1.29 is 4.74 Å². The number of nitrogens with one attached hydrogen (secondary N) is 1. The van der Waals surface area contributed by atoms with Crippen LogP contribution in [0, 0.1) is 0 Å². The summed E-state index contributed by atoms with van der Waals surface area (Å²) in [7, 11) is 0. The number of hydrogen-bond donors (Lipinski definition) is 1. The molecule has 1 aromatic heterocycles. The fourth-order valence-electron chi connectivity index (χ4n) is 2.60. The van der Waals surface area contributed by atoms with Crippen LogP contribution in [0.3, 0.4) is 0 Å². The van der Waals surface area contributed by atoms with Crippen LogP contribution in [0.15, 0.2) is 27.4 Å². The Hall–Kier alpha value is -0.550. The van der Waals surface area contributed by atoms with Gasteiger partial charge in [0.05, 0.1) is 16.4 Å². The second kappa shape index (κ2) is 6.06. The number of benzene rings is 1. The number of hydrogen-bond acceptors (Lipinski definition) is 3. The topological polar surface area (TPSA) is 21.3 Å². The molecular formula is C15H15BrClNOS. The lowest BCUT2D eigenvalue weighted by atomic mass is 9.97. The van der Waals surface area contributed by atoms with Crippen LogP contribution in [-0.2, 0) is 6.42 Å². The molecule has 0 spiro atoms. The van der Waals surface area contributed by atoms with Crippen molar-refractivity contribution in [3.8, 4) is 5.75 Å². The summed E-state index contributed by atoms with van der Waals surface area (Å²) in [6.45, 7) is 3.74. The Labute approximate surface area is 136 Å². The Kier molecular flexibility index (Phi) is 4.36. The molecule has 0 radical (unpaired) electrons. The highest BCUT2D eigenvalue weighted by molar-refractivity contribution is 9.11. The quantitative estimate of drug-likeness (QED) is 0.832. The molecule has 1 aromatic carbocycles. The third-order valence-corrected chi connectivity index (χ3v) is 5.16. The molecule has 0 saturated carbocycles. The third-order valence-electron chi connectivity index (χ3n) is 3.42. The molecule has 0 amide bonds. The summed E-state index contributed by atoms with van der Waals surface area (Å²) in [4.78, 5) is 0. The van der Waals surface area contributed by atoms with Crippen molar-refractivity contribution in [2.45, 2.75) is 19.4 Å². The Morgan fingerprint density at radius 1 is 1.45 bits per heavy atom. The lowest BCUT2D eigenvalue weighted by Gasteiger charge is -2.20. The van der Waals surface area contributed by atoms with Crippen LogP contribution in [0.25, 0.3) is 0 Å². The van der Waals surface area contributed by atoms with Crippen LogP contribution in [0.4, 0.5) is 0 Å². The number of halogens is 2. The zero-order valence-corrected chi connectivity index (χ0v) is 14.2. The summed E-state index contributed by atoms with van der Waals surface area (Å²) in [6, 6.07) is 6.30. The minimum atomic E-state index is 0.119. The van der Waals surface area contributed by atoms with Crippen LogP contribution in [0.2, 0.25) is 5.02 Å². The average Bonchev–Trinajstić information content (AvgIpc) is 3.03. The van der Waals surface area contributed by atoms with E-state index in [1.54, 1.807) is 11.3 Å². The van der Waals surface area contributed by atoms with Gasteiger partial charge in [0.15, 0.2) is 0 Å². The highest BCUT2D eigenvalue weighted by atomic mass is 79.9. The molecule has 106 valence electrons. The summed E-state index contributed by atoms with van der Waals surface area (Å²) in [5.41, 5.74) is 3.59. The van der Waals surface area contributed by atoms with E-state index < -0.39 is 0 Å². The smallest absolute Gasteiger partial charge is 0.127 e.